The molecule has 19 rings (SSSR count). The van der Waals surface area contributed by atoms with E-state index in [-0.39, 0.29) is 28.6 Å². The predicted octanol–water partition coefficient (Wildman–Crippen LogP) is 14.8. The summed E-state index contributed by atoms with van der Waals surface area (Å²) in [5.41, 5.74) is 19.2. The highest BCUT2D eigenvalue weighted by Crippen LogP contribution is 2.33. The van der Waals surface area contributed by atoms with Crippen molar-refractivity contribution in [3.05, 3.63) is 386 Å². The van der Waals surface area contributed by atoms with E-state index in [1.165, 1.54) is 47.9 Å². The molecule has 29 heteroatoms. The summed E-state index contributed by atoms with van der Waals surface area (Å²) in [6.45, 7) is 30.0. The lowest BCUT2D eigenvalue weighted by molar-refractivity contribution is 0.107. The zero-order chi connectivity index (χ0) is 96.1. The van der Waals surface area contributed by atoms with E-state index < -0.39 is 51.1 Å². The van der Waals surface area contributed by atoms with Gasteiger partial charge in [-0.05, 0) is 221 Å². The number of rotatable bonds is 28. The highest BCUT2D eigenvalue weighted by atomic mass is 16.3. The van der Waals surface area contributed by atoms with Crippen molar-refractivity contribution in [2.24, 2.45) is 0 Å². The number of benzene rings is 10. The largest absolute Gasteiger partial charge is 0.387 e. The third-order valence-electron chi connectivity index (χ3n) is 26.1. The molecule has 8 heterocycles. The van der Waals surface area contributed by atoms with Crippen molar-refractivity contribution < 1.29 is 5.11 Å². The standard InChI is InChI=1S/C29H29N5O3.C28H27N5O2.C26H29N5O2.C25H29N5O2/c1-19-15-23-24(16-20(19)2)34(27-26(30-23)28(36)32-29(37)31-27)14-13-33(17-21-9-5-3-6-10-21)18-25(35)22-11-7-4-8-12-22;1-18-9-7-8-12-23(18)32(17-21-10-5-4-6-11-21)13-14-33-24-16-20(3)19(2)15-22(24)29-25-26(33)30-28(35)31-27(25)34;1-17-14-21-22(15-18(17)2)31(24-23(27-21)25(32)29-26(33)28-24)13-12-30(20-10-6-7-11-20)16-19-8-4-3-5-9-19;1-4-5-11-29(16-19-9-7-6-8-10-19)12-13-30-21-15-18(3)17(2)14-20(21)26-22-23(30)27-25(32)28-24(22)31/h3-12,15-16,25,35H,13-14,17-18H2,1-2H3,(H,32,36,37);4-12,15-16H,13-14,17H2,1-3H3,(H,31,34,35);3-5,8-9,14-15,20H,6-7,10-13,16H2,1-2H3,(H,29,32,33);6-10,14-15H,4-5,11-13,16H2,1-3H3,(H,28,31,32)/t25-;;;/m1.../s1. The van der Waals surface area contributed by atoms with Gasteiger partial charge in [-0.2, -0.15) is 19.9 Å². The number of H-pyrrole nitrogens is 4. The lowest BCUT2D eigenvalue weighted by atomic mass is 10.1. The summed E-state index contributed by atoms with van der Waals surface area (Å²) in [6.07, 6.45) is 6.50. The number of hydrogen-bond acceptors (Lipinski definition) is 21. The van der Waals surface area contributed by atoms with E-state index in [0.717, 1.165) is 147 Å². The molecule has 8 aliphatic heterocycles. The van der Waals surface area contributed by atoms with Crippen LogP contribution >= 0.6 is 0 Å². The molecule has 0 radical (unpaired) electrons. The fourth-order valence-electron chi connectivity index (χ4n) is 18.1. The highest BCUT2D eigenvalue weighted by Gasteiger charge is 2.29. The van der Waals surface area contributed by atoms with Crippen LogP contribution in [0.4, 0.5) is 5.69 Å². The van der Waals surface area contributed by atoms with Crippen LogP contribution in [0.5, 0.6) is 0 Å². The summed E-state index contributed by atoms with van der Waals surface area (Å²) < 4.78 is 7.84. The Morgan fingerprint density at radius 2 is 0.642 bits per heavy atom. The first-order valence-corrected chi connectivity index (χ1v) is 46.8. The normalized spacial score (nSPS) is 12.5. The third-order valence-corrected chi connectivity index (χ3v) is 26.1. The highest BCUT2D eigenvalue weighted by molar-refractivity contribution is 5.84. The molecular formula is C108H114N20O9. The van der Waals surface area contributed by atoms with E-state index in [4.69, 9.17) is 0 Å². The molecular weight excluding hydrogens is 1720 g/mol. The number of aliphatic hydroxyl groups excluding tert-OH is 1. The van der Waals surface area contributed by atoms with Gasteiger partial charge in [0.15, 0.2) is 46.1 Å². The maximum atomic E-state index is 12.6. The summed E-state index contributed by atoms with van der Waals surface area (Å²) in [5.74, 6) is 1.25. The Bertz CT molecular complexity index is 7710. The smallest absolute Gasteiger partial charge is 0.349 e. The molecule has 1 fully saturated rings. The molecule has 0 saturated heterocycles. The average Bonchev–Trinajstić information content (AvgIpc) is 1.25. The van der Waals surface area contributed by atoms with Gasteiger partial charge in [0.25, 0.3) is 22.2 Å². The number of hydrogen-bond donors (Lipinski definition) is 5. The molecule has 700 valence electrons. The van der Waals surface area contributed by atoms with Gasteiger partial charge in [0.2, 0.25) is 0 Å². The van der Waals surface area contributed by atoms with Crippen LogP contribution in [0.25, 0.3) is 90.2 Å². The van der Waals surface area contributed by atoms with Crippen molar-refractivity contribution in [1.82, 2.24) is 92.8 Å². The van der Waals surface area contributed by atoms with Crippen molar-refractivity contribution in [2.75, 3.05) is 44.2 Å². The van der Waals surface area contributed by atoms with Crippen molar-refractivity contribution in [2.45, 2.75) is 172 Å². The Labute approximate surface area is 791 Å². The molecule has 137 heavy (non-hydrogen) atoms. The Hall–Kier alpha value is -15.0. The molecule has 1 atom stereocenters. The molecule has 0 aromatic heterocycles. The first kappa shape index (κ1) is 95.1. The van der Waals surface area contributed by atoms with Gasteiger partial charge in [-0.3, -0.25) is 53.8 Å². The maximum absolute atomic E-state index is 12.6. The Balaban J connectivity index is 0.000000132. The van der Waals surface area contributed by atoms with Gasteiger partial charge in [-0.15, -0.1) is 0 Å². The van der Waals surface area contributed by atoms with Crippen molar-refractivity contribution in [3.8, 4) is 46.1 Å². The summed E-state index contributed by atoms with van der Waals surface area (Å²) in [6, 6.07) is 76.0. The van der Waals surface area contributed by atoms with Crippen LogP contribution in [0, 0.1) is 62.3 Å². The Morgan fingerprint density at radius 3 is 1.01 bits per heavy atom. The fraction of sp³-hybridized carbons (Fsp3) is 0.296. The zero-order valence-electron chi connectivity index (χ0n) is 79.0. The van der Waals surface area contributed by atoms with Crippen LogP contribution in [0.15, 0.2) is 263 Å². The molecule has 1 saturated carbocycles. The van der Waals surface area contributed by atoms with Gasteiger partial charge in [0.1, 0.15) is 0 Å². The number of nitrogens with one attached hydrogen (secondary N) is 4. The first-order chi connectivity index (χ1) is 66.2. The number of aromatic amines is 4. The summed E-state index contributed by atoms with van der Waals surface area (Å²) in [5, 5.41) is 11.0. The van der Waals surface area contributed by atoms with Gasteiger partial charge >= 0.3 is 22.8 Å². The van der Waals surface area contributed by atoms with E-state index >= 15 is 0 Å². The number of para-hydroxylation sites is 1. The number of unbranched alkanes of at least 4 members (excludes halogenated alkanes) is 1. The van der Waals surface area contributed by atoms with Gasteiger partial charge < -0.3 is 28.3 Å². The second-order valence-corrected chi connectivity index (χ2v) is 35.8. The quantitative estimate of drug-likeness (QED) is 0.0284. The number of aliphatic hydroxyl groups is 1. The molecule has 9 aliphatic rings. The van der Waals surface area contributed by atoms with E-state index in [0.29, 0.717) is 86.9 Å². The molecule has 10 aromatic rings. The van der Waals surface area contributed by atoms with E-state index in [2.05, 4.69) is 210 Å². The minimum atomic E-state index is -0.697. The van der Waals surface area contributed by atoms with Gasteiger partial charge in [0.05, 0.1) is 50.2 Å². The molecule has 0 amide bonds. The number of anilines is 1. The molecule has 10 aromatic carbocycles. The predicted molar refractivity (Wildman–Crippen MR) is 540 cm³/mol. The van der Waals surface area contributed by atoms with Crippen LogP contribution in [-0.2, 0) is 52.4 Å². The van der Waals surface area contributed by atoms with Crippen LogP contribution < -0.4 is 49.9 Å². The van der Waals surface area contributed by atoms with E-state index in [9.17, 15) is 43.5 Å². The van der Waals surface area contributed by atoms with Crippen molar-refractivity contribution in [1.29, 1.82) is 0 Å². The number of aromatic nitrogens is 16. The molecule has 29 nitrogen and oxygen atoms in total. The third kappa shape index (κ3) is 22.6. The minimum Gasteiger partial charge on any atom is -0.387 e. The molecule has 5 N–H and O–H groups in total. The van der Waals surface area contributed by atoms with Crippen LogP contribution in [0.1, 0.15) is 129 Å². The zero-order valence-corrected chi connectivity index (χ0v) is 79.0. The summed E-state index contributed by atoms with van der Waals surface area (Å²) in [7, 11) is 0. The monoisotopic (exact) mass is 1830 g/mol. The summed E-state index contributed by atoms with van der Waals surface area (Å²) >= 11 is 0. The number of aryl methyl sites for hydroxylation is 9. The maximum Gasteiger partial charge on any atom is 0.349 e. The van der Waals surface area contributed by atoms with Gasteiger partial charge in [-0.1, -0.05) is 196 Å². The SMILES string of the molecule is CCCCN(CCn1c2nc(=O)[nH]c(=O)c-2nc2cc(C)c(C)cc21)Cc1ccccc1.Cc1cc2nc3c(=O)[nH]c(=O)nc-3n(CCN(Cc3ccccc3)C3CCCC3)c2cc1C.Cc1cc2nc3c(=O)[nH]c(=O)nc-3n(CCN(Cc3ccccc3)C[C@@H](O)c3ccccc3)c2cc1C.Cc1cc2nc3c(=O)[nH]c(=O)nc-3n(CCN(Cc3ccccc3)c3ccccc3C)c2cc1C. The topological polar surface area (TPSA) is 356 Å². The Kier molecular flexibility index (Phi) is 29.9. The first-order valence-electron chi connectivity index (χ1n) is 46.8. The van der Waals surface area contributed by atoms with E-state index in [1.807, 2.05) is 181 Å². The molecule has 0 unspecified atom stereocenters. The number of fused-ring (bicyclic) bond motifs is 8. The molecule has 1 aliphatic carbocycles. The second-order valence-electron chi connectivity index (χ2n) is 35.8. The van der Waals surface area contributed by atoms with Crippen molar-refractivity contribution >= 4 is 49.8 Å². The Morgan fingerprint density at radius 1 is 0.336 bits per heavy atom. The van der Waals surface area contributed by atoms with E-state index in [1.54, 1.807) is 0 Å². The summed E-state index contributed by atoms with van der Waals surface area (Å²) in [4.78, 5) is 152. The van der Waals surface area contributed by atoms with Crippen LogP contribution in [0.2, 0.25) is 0 Å². The van der Waals surface area contributed by atoms with Crippen LogP contribution in [-0.4, -0.2) is 143 Å². The van der Waals surface area contributed by atoms with Gasteiger partial charge in [-0.25, -0.2) is 39.1 Å². The fourth-order valence-corrected chi connectivity index (χ4v) is 18.1. The van der Waals surface area contributed by atoms with Gasteiger partial charge in [0, 0.05) is 96.8 Å². The molecule has 0 spiro atoms. The lowest BCUT2D eigenvalue weighted by Crippen LogP contribution is -2.36. The average molecular weight is 1840 g/mol. The minimum absolute atomic E-state index is 0.134. The van der Waals surface area contributed by atoms with Crippen molar-refractivity contribution in [3.63, 3.8) is 0 Å². The lowest BCUT2D eigenvalue weighted by Gasteiger charge is -2.30. The molecule has 0 bridgehead atoms. The number of nitrogens with zero attached hydrogens (tertiary/aromatic N) is 16. The van der Waals surface area contributed by atoms with Crippen LogP contribution in [0.3, 0.4) is 0 Å². The second kappa shape index (κ2) is 43.1.